The number of aromatic amines is 1. The quantitative estimate of drug-likeness (QED) is 0.707. The van der Waals surface area contributed by atoms with E-state index in [9.17, 15) is 4.79 Å². The predicted octanol–water partition coefficient (Wildman–Crippen LogP) is 0.893. The maximum atomic E-state index is 11.2. The fourth-order valence-corrected chi connectivity index (χ4v) is 1.53. The largest absolute Gasteiger partial charge is 0.274 e. The Balaban J connectivity index is 2.63. The van der Waals surface area contributed by atoms with Gasteiger partial charge in [-0.15, -0.1) is 11.3 Å². The molecule has 2 aromatic heterocycles. The molecule has 0 saturated heterocycles. The molecule has 4 nitrogen and oxygen atoms in total. The van der Waals surface area contributed by atoms with E-state index in [1.165, 1.54) is 17.5 Å². The van der Waals surface area contributed by atoms with Gasteiger partial charge in [0.15, 0.2) is 0 Å². The first-order chi connectivity index (χ1) is 5.88. The topological polar surface area (TPSA) is 58.6 Å². The van der Waals surface area contributed by atoms with E-state index in [4.69, 9.17) is 0 Å². The number of nitrogens with one attached hydrogen (secondary N) is 1. The van der Waals surface area contributed by atoms with Crippen molar-refractivity contribution in [1.29, 1.82) is 0 Å². The molecule has 2 heterocycles. The smallest absolute Gasteiger partial charge is 0.267 e. The molecule has 0 aliphatic heterocycles. The Morgan fingerprint density at radius 2 is 2.33 bits per heavy atom. The molecule has 5 heteroatoms. The Hall–Kier alpha value is -1.49. The maximum absolute atomic E-state index is 11.2. The summed E-state index contributed by atoms with van der Waals surface area (Å²) in [5.41, 5.74) is 0.368. The van der Waals surface area contributed by atoms with Crippen LogP contribution in [-0.2, 0) is 0 Å². The Bertz CT molecular complexity index is 420. The van der Waals surface area contributed by atoms with Crippen LogP contribution in [0.5, 0.6) is 0 Å². The summed E-state index contributed by atoms with van der Waals surface area (Å²) in [6, 6.07) is 1.65. The van der Waals surface area contributed by atoms with Crippen molar-refractivity contribution in [3.8, 4) is 10.6 Å². The first-order valence-electron chi connectivity index (χ1n) is 3.31. The lowest BCUT2D eigenvalue weighted by molar-refractivity contribution is 0.990. The molecule has 0 radical (unpaired) electrons. The summed E-state index contributed by atoms with van der Waals surface area (Å²) in [6.07, 6.45) is 3.21. The van der Waals surface area contributed by atoms with Gasteiger partial charge in [0, 0.05) is 17.8 Å². The molecule has 1 N–H and O–H groups in total. The van der Waals surface area contributed by atoms with Gasteiger partial charge in [-0.05, 0) is 6.07 Å². The Morgan fingerprint density at radius 3 is 3.00 bits per heavy atom. The third kappa shape index (κ3) is 1.14. The summed E-state index contributed by atoms with van der Waals surface area (Å²) in [5, 5.41) is 8.49. The molecule has 12 heavy (non-hydrogen) atoms. The highest BCUT2D eigenvalue weighted by Gasteiger charge is 2.03. The Labute approximate surface area is 71.9 Å². The van der Waals surface area contributed by atoms with Crippen LogP contribution in [0.15, 0.2) is 28.6 Å². The van der Waals surface area contributed by atoms with Crippen molar-refractivity contribution in [1.82, 2.24) is 15.2 Å². The molecule has 0 aliphatic carbocycles. The molecular weight excluding hydrogens is 174 g/mol. The molecule has 0 aromatic carbocycles. The zero-order chi connectivity index (χ0) is 8.39. The molecule has 0 aliphatic rings. The van der Waals surface area contributed by atoms with Crippen LogP contribution in [0, 0.1) is 0 Å². The third-order valence-electron chi connectivity index (χ3n) is 1.39. The van der Waals surface area contributed by atoms with Crippen molar-refractivity contribution in [3.05, 3.63) is 34.2 Å². The molecule has 0 atom stereocenters. The molecule has 0 fully saturated rings. The standard InChI is InChI=1S/C7H5N3OS/c11-6-5(1-2-9-10-6)7-8-3-4-12-7/h1-4H,(H,10,11). The van der Waals surface area contributed by atoms with Crippen LogP contribution in [0.2, 0.25) is 0 Å². The average Bonchev–Trinajstić information content (AvgIpc) is 2.57. The second kappa shape index (κ2) is 2.86. The molecule has 0 amide bonds. The summed E-state index contributed by atoms with van der Waals surface area (Å²) in [5.74, 6) is 0. The highest BCUT2D eigenvalue weighted by Crippen LogP contribution is 2.16. The van der Waals surface area contributed by atoms with Crippen molar-refractivity contribution >= 4 is 11.3 Å². The van der Waals surface area contributed by atoms with Gasteiger partial charge in [-0.3, -0.25) is 4.79 Å². The maximum Gasteiger partial charge on any atom is 0.274 e. The first kappa shape index (κ1) is 7.17. The van der Waals surface area contributed by atoms with Gasteiger partial charge in [0.1, 0.15) is 5.01 Å². The van der Waals surface area contributed by atoms with Crippen molar-refractivity contribution in [2.45, 2.75) is 0 Å². The van der Waals surface area contributed by atoms with Crippen LogP contribution >= 0.6 is 11.3 Å². The van der Waals surface area contributed by atoms with Crippen molar-refractivity contribution in [2.24, 2.45) is 0 Å². The van der Waals surface area contributed by atoms with Crippen LogP contribution in [0.1, 0.15) is 0 Å². The van der Waals surface area contributed by atoms with Gasteiger partial charge in [0.25, 0.3) is 5.56 Å². The summed E-state index contributed by atoms with van der Waals surface area (Å²) in [7, 11) is 0. The van der Waals surface area contributed by atoms with Gasteiger partial charge in [0.05, 0.1) is 5.56 Å². The number of H-pyrrole nitrogens is 1. The van der Waals surface area contributed by atoms with Gasteiger partial charge in [-0.1, -0.05) is 0 Å². The third-order valence-corrected chi connectivity index (χ3v) is 2.20. The first-order valence-corrected chi connectivity index (χ1v) is 4.19. The van der Waals surface area contributed by atoms with Crippen molar-refractivity contribution in [2.75, 3.05) is 0 Å². The van der Waals surface area contributed by atoms with E-state index in [1.807, 2.05) is 5.38 Å². The molecule has 0 spiro atoms. The Kier molecular flexibility index (Phi) is 1.71. The van der Waals surface area contributed by atoms with Crippen molar-refractivity contribution < 1.29 is 0 Å². The van der Waals surface area contributed by atoms with Gasteiger partial charge in [-0.2, -0.15) is 5.10 Å². The fraction of sp³-hybridized carbons (Fsp3) is 0. The Morgan fingerprint density at radius 1 is 1.42 bits per heavy atom. The van der Waals surface area contributed by atoms with Crippen LogP contribution in [0.4, 0.5) is 0 Å². The van der Waals surface area contributed by atoms with E-state index in [2.05, 4.69) is 15.2 Å². The number of hydrogen-bond acceptors (Lipinski definition) is 4. The second-order valence-corrected chi connectivity index (χ2v) is 3.03. The molecular formula is C7H5N3OS. The number of aromatic nitrogens is 3. The van der Waals surface area contributed by atoms with E-state index in [0.29, 0.717) is 5.56 Å². The van der Waals surface area contributed by atoms with E-state index in [0.717, 1.165) is 5.01 Å². The molecule has 0 bridgehead atoms. The van der Waals surface area contributed by atoms with E-state index < -0.39 is 0 Å². The molecule has 0 saturated carbocycles. The minimum absolute atomic E-state index is 0.201. The van der Waals surface area contributed by atoms with E-state index in [1.54, 1.807) is 12.3 Å². The summed E-state index contributed by atoms with van der Waals surface area (Å²) >= 11 is 1.43. The number of nitrogens with zero attached hydrogens (tertiary/aromatic N) is 2. The zero-order valence-electron chi connectivity index (χ0n) is 6.02. The van der Waals surface area contributed by atoms with Gasteiger partial charge in [0.2, 0.25) is 0 Å². The number of thiazole rings is 1. The minimum atomic E-state index is -0.201. The van der Waals surface area contributed by atoms with Crippen LogP contribution in [-0.4, -0.2) is 15.2 Å². The highest BCUT2D eigenvalue weighted by atomic mass is 32.1. The number of hydrogen-bond donors (Lipinski definition) is 1. The van der Waals surface area contributed by atoms with Gasteiger partial charge < -0.3 is 0 Å². The summed E-state index contributed by atoms with van der Waals surface area (Å²) < 4.78 is 0. The van der Waals surface area contributed by atoms with Crippen molar-refractivity contribution in [3.63, 3.8) is 0 Å². The minimum Gasteiger partial charge on any atom is -0.267 e. The van der Waals surface area contributed by atoms with E-state index in [-0.39, 0.29) is 5.56 Å². The second-order valence-electron chi connectivity index (χ2n) is 2.14. The molecule has 2 rings (SSSR count). The highest BCUT2D eigenvalue weighted by molar-refractivity contribution is 7.13. The van der Waals surface area contributed by atoms with Crippen LogP contribution in [0.3, 0.4) is 0 Å². The SMILES string of the molecule is O=c1[nH]nccc1-c1nccs1. The molecule has 60 valence electrons. The van der Waals surface area contributed by atoms with E-state index >= 15 is 0 Å². The van der Waals surface area contributed by atoms with Gasteiger partial charge in [-0.25, -0.2) is 10.1 Å². The lowest BCUT2D eigenvalue weighted by Gasteiger charge is -1.90. The lowest BCUT2D eigenvalue weighted by Crippen LogP contribution is -2.09. The lowest BCUT2D eigenvalue weighted by atomic mass is 10.3. The normalized spacial score (nSPS) is 10.0. The van der Waals surface area contributed by atoms with Gasteiger partial charge >= 0.3 is 0 Å². The zero-order valence-corrected chi connectivity index (χ0v) is 6.84. The average molecular weight is 179 g/mol. The molecule has 0 unspecified atom stereocenters. The molecule has 2 aromatic rings. The van der Waals surface area contributed by atoms with Crippen LogP contribution < -0.4 is 5.56 Å². The summed E-state index contributed by atoms with van der Waals surface area (Å²) in [4.78, 5) is 15.2. The number of rotatable bonds is 1. The predicted molar refractivity (Wildman–Crippen MR) is 46.0 cm³/mol. The summed E-state index contributed by atoms with van der Waals surface area (Å²) in [6.45, 7) is 0. The monoisotopic (exact) mass is 179 g/mol. The van der Waals surface area contributed by atoms with Crippen LogP contribution in [0.25, 0.3) is 10.6 Å². The fourth-order valence-electron chi connectivity index (χ4n) is 0.868.